The second-order valence-corrected chi connectivity index (χ2v) is 4.80. The molecular weight excluding hydrogens is 286 g/mol. The Hall–Kier alpha value is -2.20. The van der Waals surface area contributed by atoms with E-state index in [0.717, 1.165) is 34.7 Å². The lowest BCUT2D eigenvalue weighted by Crippen LogP contribution is -2.06. The van der Waals surface area contributed by atoms with E-state index in [1.54, 1.807) is 0 Å². The van der Waals surface area contributed by atoms with Crippen LogP contribution in [0.4, 0.5) is 17.1 Å². The molecule has 2 aromatic carbocycles. The van der Waals surface area contributed by atoms with E-state index in [2.05, 4.69) is 10.6 Å². The summed E-state index contributed by atoms with van der Waals surface area (Å²) in [5.74, 6) is -0.0618. The minimum atomic E-state index is -0.0618. The van der Waals surface area contributed by atoms with Crippen LogP contribution in [0.3, 0.4) is 0 Å². The number of carbonyl (C=O) groups is 1. The third-order valence-corrected chi connectivity index (χ3v) is 3.04. The van der Waals surface area contributed by atoms with Gasteiger partial charge in [0.2, 0.25) is 5.91 Å². The number of halogens is 1. The minimum absolute atomic E-state index is 0. The molecule has 4 nitrogen and oxygen atoms in total. The van der Waals surface area contributed by atoms with E-state index in [1.807, 2.05) is 49.4 Å². The number of carbonyl (C=O) groups excluding carboxylic acids is 1. The second-order valence-electron chi connectivity index (χ2n) is 4.80. The van der Waals surface area contributed by atoms with Crippen molar-refractivity contribution in [2.45, 2.75) is 20.4 Å². The van der Waals surface area contributed by atoms with Crippen molar-refractivity contribution >= 4 is 35.4 Å². The van der Waals surface area contributed by atoms with Gasteiger partial charge in [-0.3, -0.25) is 4.79 Å². The normalized spacial score (nSPS) is 9.62. The van der Waals surface area contributed by atoms with Crippen LogP contribution in [0, 0.1) is 6.92 Å². The standard InChI is InChI=1S/C16H19N3O.ClH/c1-11-9-15(7-8-16(11)17)18-10-13-3-5-14(6-4-13)19-12(2)20;/h3-9,18H,10,17H2,1-2H3,(H,19,20);1H. The summed E-state index contributed by atoms with van der Waals surface area (Å²) in [5, 5.41) is 6.09. The van der Waals surface area contributed by atoms with Crippen molar-refractivity contribution in [1.29, 1.82) is 0 Å². The molecule has 21 heavy (non-hydrogen) atoms. The number of amides is 1. The highest BCUT2D eigenvalue weighted by atomic mass is 35.5. The molecule has 0 atom stereocenters. The van der Waals surface area contributed by atoms with Crippen molar-refractivity contribution in [3.05, 3.63) is 53.6 Å². The number of aryl methyl sites for hydroxylation is 1. The number of rotatable bonds is 4. The lowest BCUT2D eigenvalue weighted by atomic mass is 10.1. The Kier molecular flexibility index (Phi) is 6.06. The van der Waals surface area contributed by atoms with Gasteiger partial charge < -0.3 is 16.4 Å². The monoisotopic (exact) mass is 305 g/mol. The zero-order chi connectivity index (χ0) is 14.5. The lowest BCUT2D eigenvalue weighted by molar-refractivity contribution is -0.114. The van der Waals surface area contributed by atoms with Crippen LogP contribution in [0.2, 0.25) is 0 Å². The molecule has 2 aromatic rings. The highest BCUT2D eigenvalue weighted by Gasteiger charge is 1.99. The third kappa shape index (κ3) is 5.00. The number of hydrogen-bond donors (Lipinski definition) is 3. The van der Waals surface area contributed by atoms with Gasteiger partial charge in [0, 0.05) is 30.5 Å². The van der Waals surface area contributed by atoms with Gasteiger partial charge in [-0.05, 0) is 48.4 Å². The molecule has 5 heteroatoms. The zero-order valence-corrected chi connectivity index (χ0v) is 13.0. The largest absolute Gasteiger partial charge is 0.399 e. The highest BCUT2D eigenvalue weighted by Crippen LogP contribution is 2.17. The lowest BCUT2D eigenvalue weighted by Gasteiger charge is -2.09. The van der Waals surface area contributed by atoms with E-state index in [4.69, 9.17) is 5.73 Å². The van der Waals surface area contributed by atoms with Gasteiger partial charge in [0.25, 0.3) is 0 Å². The first-order valence-corrected chi connectivity index (χ1v) is 6.51. The molecule has 0 aliphatic rings. The first-order chi connectivity index (χ1) is 9.54. The fraction of sp³-hybridized carbons (Fsp3) is 0.188. The summed E-state index contributed by atoms with van der Waals surface area (Å²) < 4.78 is 0. The van der Waals surface area contributed by atoms with Gasteiger partial charge in [-0.2, -0.15) is 0 Å². The first-order valence-electron chi connectivity index (χ1n) is 6.51. The topological polar surface area (TPSA) is 67.2 Å². The van der Waals surface area contributed by atoms with Crippen LogP contribution >= 0.6 is 12.4 Å². The Balaban J connectivity index is 0.00000220. The average molecular weight is 306 g/mol. The first kappa shape index (κ1) is 16.9. The number of nitrogens with one attached hydrogen (secondary N) is 2. The predicted octanol–water partition coefficient (Wildman–Crippen LogP) is 3.57. The van der Waals surface area contributed by atoms with Crippen LogP contribution in [0.5, 0.6) is 0 Å². The van der Waals surface area contributed by atoms with Gasteiger partial charge in [0.15, 0.2) is 0 Å². The molecule has 112 valence electrons. The number of nitrogen functional groups attached to an aromatic ring is 1. The highest BCUT2D eigenvalue weighted by molar-refractivity contribution is 5.88. The molecule has 2 rings (SSSR count). The van der Waals surface area contributed by atoms with E-state index in [9.17, 15) is 4.79 Å². The molecule has 0 radical (unpaired) electrons. The molecule has 0 aliphatic heterocycles. The minimum Gasteiger partial charge on any atom is -0.399 e. The summed E-state index contributed by atoms with van der Waals surface area (Å²) in [6.07, 6.45) is 0. The smallest absolute Gasteiger partial charge is 0.221 e. The summed E-state index contributed by atoms with van der Waals surface area (Å²) in [6, 6.07) is 13.7. The molecule has 0 saturated carbocycles. The summed E-state index contributed by atoms with van der Waals surface area (Å²) in [6.45, 7) is 4.21. The Morgan fingerprint density at radius 2 is 1.71 bits per heavy atom. The van der Waals surface area contributed by atoms with Crippen LogP contribution in [-0.2, 0) is 11.3 Å². The van der Waals surface area contributed by atoms with Gasteiger partial charge in [-0.15, -0.1) is 12.4 Å². The Morgan fingerprint density at radius 3 is 2.29 bits per heavy atom. The fourth-order valence-electron chi connectivity index (χ4n) is 1.90. The van der Waals surface area contributed by atoms with Gasteiger partial charge in [0.1, 0.15) is 0 Å². The quantitative estimate of drug-likeness (QED) is 0.756. The summed E-state index contributed by atoms with van der Waals surface area (Å²) in [5.41, 5.74) is 10.7. The van der Waals surface area contributed by atoms with Crippen LogP contribution in [0.1, 0.15) is 18.1 Å². The van der Waals surface area contributed by atoms with Gasteiger partial charge in [-0.1, -0.05) is 12.1 Å². The fourth-order valence-corrected chi connectivity index (χ4v) is 1.90. The molecule has 0 bridgehead atoms. The maximum atomic E-state index is 10.9. The predicted molar refractivity (Wildman–Crippen MR) is 90.9 cm³/mol. The van der Waals surface area contributed by atoms with E-state index in [1.165, 1.54) is 6.92 Å². The third-order valence-electron chi connectivity index (χ3n) is 3.04. The van der Waals surface area contributed by atoms with Crippen molar-refractivity contribution in [2.75, 3.05) is 16.4 Å². The van der Waals surface area contributed by atoms with Crippen molar-refractivity contribution in [2.24, 2.45) is 0 Å². The Morgan fingerprint density at radius 1 is 1.10 bits per heavy atom. The van der Waals surface area contributed by atoms with Crippen molar-refractivity contribution in [3.8, 4) is 0 Å². The zero-order valence-electron chi connectivity index (χ0n) is 12.1. The maximum absolute atomic E-state index is 10.9. The van der Waals surface area contributed by atoms with Crippen LogP contribution in [0.25, 0.3) is 0 Å². The van der Waals surface area contributed by atoms with Crippen LogP contribution in [-0.4, -0.2) is 5.91 Å². The molecule has 0 fully saturated rings. The molecular formula is C16H20ClN3O. The van der Waals surface area contributed by atoms with E-state index in [0.29, 0.717) is 0 Å². The molecule has 0 unspecified atom stereocenters. The van der Waals surface area contributed by atoms with Crippen LogP contribution < -0.4 is 16.4 Å². The van der Waals surface area contributed by atoms with E-state index >= 15 is 0 Å². The van der Waals surface area contributed by atoms with Gasteiger partial charge in [0.05, 0.1) is 0 Å². The van der Waals surface area contributed by atoms with Crippen LogP contribution in [0.15, 0.2) is 42.5 Å². The number of benzene rings is 2. The van der Waals surface area contributed by atoms with Crippen molar-refractivity contribution < 1.29 is 4.79 Å². The van der Waals surface area contributed by atoms with E-state index in [-0.39, 0.29) is 18.3 Å². The summed E-state index contributed by atoms with van der Waals surface area (Å²) >= 11 is 0. The van der Waals surface area contributed by atoms with Gasteiger partial charge >= 0.3 is 0 Å². The molecule has 0 heterocycles. The van der Waals surface area contributed by atoms with Crippen molar-refractivity contribution in [3.63, 3.8) is 0 Å². The SMILES string of the molecule is CC(=O)Nc1ccc(CNc2ccc(N)c(C)c2)cc1.Cl. The molecule has 4 N–H and O–H groups in total. The molecule has 0 aromatic heterocycles. The maximum Gasteiger partial charge on any atom is 0.221 e. The molecule has 0 spiro atoms. The average Bonchev–Trinajstić information content (AvgIpc) is 2.41. The molecule has 0 saturated heterocycles. The Labute approximate surface area is 131 Å². The van der Waals surface area contributed by atoms with E-state index < -0.39 is 0 Å². The number of anilines is 3. The molecule has 1 amide bonds. The Bertz CT molecular complexity index is 611. The molecule has 0 aliphatic carbocycles. The number of hydrogen-bond acceptors (Lipinski definition) is 3. The summed E-state index contributed by atoms with van der Waals surface area (Å²) in [7, 11) is 0. The second kappa shape index (κ2) is 7.55. The number of nitrogens with two attached hydrogens (primary N) is 1. The van der Waals surface area contributed by atoms with Gasteiger partial charge in [-0.25, -0.2) is 0 Å². The van der Waals surface area contributed by atoms with Crippen molar-refractivity contribution in [1.82, 2.24) is 0 Å². The summed E-state index contributed by atoms with van der Waals surface area (Å²) in [4.78, 5) is 10.9.